The topological polar surface area (TPSA) is 50.7 Å². The summed E-state index contributed by atoms with van der Waals surface area (Å²) in [6.45, 7) is 8.06. The molecule has 2 rings (SSSR count). The lowest BCUT2D eigenvalue weighted by Crippen LogP contribution is -2.13. The van der Waals surface area contributed by atoms with Gasteiger partial charge in [-0.05, 0) is 26.0 Å². The van der Waals surface area contributed by atoms with Gasteiger partial charge in [0.25, 0.3) is 0 Å². The van der Waals surface area contributed by atoms with Crippen molar-refractivity contribution in [3.8, 4) is 0 Å². The van der Waals surface area contributed by atoms with Gasteiger partial charge >= 0.3 is 0 Å². The van der Waals surface area contributed by atoms with E-state index in [1.807, 2.05) is 45.9 Å². The first kappa shape index (κ1) is 14.7. The van der Waals surface area contributed by atoms with Crippen molar-refractivity contribution >= 4 is 17.4 Å². The van der Waals surface area contributed by atoms with Crippen molar-refractivity contribution in [2.75, 3.05) is 5.32 Å². The van der Waals surface area contributed by atoms with Crippen LogP contribution in [0.15, 0.2) is 24.4 Å². The number of halogens is 1. The Kier molecular flexibility index (Phi) is 4.55. The molecule has 0 aliphatic heterocycles. The van der Waals surface area contributed by atoms with Crippen LogP contribution in [0.5, 0.6) is 0 Å². The van der Waals surface area contributed by atoms with Crippen LogP contribution in [-0.4, -0.2) is 15.0 Å². The van der Waals surface area contributed by atoms with Gasteiger partial charge in [-0.1, -0.05) is 31.5 Å². The SMILES string of the molecule is Cc1c(Cl)nc(C(C)C)nc1NC(C)c1ccccn1. The van der Waals surface area contributed by atoms with Gasteiger partial charge in [-0.15, -0.1) is 0 Å². The smallest absolute Gasteiger partial charge is 0.137 e. The fraction of sp³-hybridized carbons (Fsp3) is 0.400. The van der Waals surface area contributed by atoms with Gasteiger partial charge in [0.05, 0.1) is 11.7 Å². The standard InChI is InChI=1S/C15H19ClN4/c1-9(2)14-19-13(16)10(3)15(20-14)18-11(4)12-7-5-6-8-17-12/h5-9,11H,1-4H3,(H,18,19,20). The molecule has 0 amide bonds. The van der Waals surface area contributed by atoms with Crippen LogP contribution >= 0.6 is 11.6 Å². The molecule has 4 nitrogen and oxygen atoms in total. The molecule has 1 N–H and O–H groups in total. The second-order valence-corrected chi connectivity index (χ2v) is 5.48. The minimum absolute atomic E-state index is 0.0564. The molecule has 0 aliphatic rings. The first-order valence-corrected chi connectivity index (χ1v) is 7.08. The highest BCUT2D eigenvalue weighted by Gasteiger charge is 2.14. The van der Waals surface area contributed by atoms with Crippen molar-refractivity contribution in [1.82, 2.24) is 15.0 Å². The quantitative estimate of drug-likeness (QED) is 0.860. The van der Waals surface area contributed by atoms with Crippen molar-refractivity contribution in [3.63, 3.8) is 0 Å². The third-order valence-electron chi connectivity index (χ3n) is 3.10. The van der Waals surface area contributed by atoms with Gasteiger partial charge in [-0.3, -0.25) is 4.98 Å². The maximum absolute atomic E-state index is 6.19. The number of nitrogens with one attached hydrogen (secondary N) is 1. The number of rotatable bonds is 4. The molecule has 1 atom stereocenters. The van der Waals surface area contributed by atoms with Crippen molar-refractivity contribution in [2.45, 2.75) is 39.7 Å². The van der Waals surface area contributed by atoms with E-state index in [2.05, 4.69) is 20.3 Å². The lowest BCUT2D eigenvalue weighted by Gasteiger charge is -2.17. The van der Waals surface area contributed by atoms with Gasteiger partial charge in [0, 0.05) is 17.7 Å². The predicted octanol–water partition coefficient (Wildman–Crippen LogP) is 4.13. The van der Waals surface area contributed by atoms with E-state index in [1.54, 1.807) is 6.20 Å². The molecule has 0 radical (unpaired) electrons. The molecular formula is C15H19ClN4. The summed E-state index contributed by atoms with van der Waals surface area (Å²) in [6.07, 6.45) is 1.78. The molecule has 0 aliphatic carbocycles. The monoisotopic (exact) mass is 290 g/mol. The summed E-state index contributed by atoms with van der Waals surface area (Å²) in [5, 5.41) is 3.86. The highest BCUT2D eigenvalue weighted by molar-refractivity contribution is 6.30. The van der Waals surface area contributed by atoms with Crippen LogP contribution in [0.2, 0.25) is 5.15 Å². The third-order valence-corrected chi connectivity index (χ3v) is 3.47. The van der Waals surface area contributed by atoms with Crippen LogP contribution in [0.4, 0.5) is 5.82 Å². The second kappa shape index (κ2) is 6.18. The van der Waals surface area contributed by atoms with Gasteiger partial charge < -0.3 is 5.32 Å². The Bertz CT molecular complexity index is 584. The van der Waals surface area contributed by atoms with E-state index >= 15 is 0 Å². The van der Waals surface area contributed by atoms with Gasteiger partial charge in [-0.25, -0.2) is 9.97 Å². The Morgan fingerprint density at radius 3 is 2.50 bits per heavy atom. The molecule has 0 bridgehead atoms. The van der Waals surface area contributed by atoms with E-state index < -0.39 is 0 Å². The Hall–Kier alpha value is -1.68. The minimum atomic E-state index is 0.0564. The van der Waals surface area contributed by atoms with E-state index in [0.717, 1.165) is 22.9 Å². The van der Waals surface area contributed by atoms with Gasteiger partial charge in [0.15, 0.2) is 0 Å². The average Bonchev–Trinajstić information content (AvgIpc) is 2.44. The van der Waals surface area contributed by atoms with Crippen LogP contribution < -0.4 is 5.32 Å². The summed E-state index contributed by atoms with van der Waals surface area (Å²) >= 11 is 6.19. The van der Waals surface area contributed by atoms with Crippen molar-refractivity contribution < 1.29 is 0 Å². The first-order valence-electron chi connectivity index (χ1n) is 6.70. The van der Waals surface area contributed by atoms with E-state index in [0.29, 0.717) is 5.15 Å². The number of pyridine rings is 1. The van der Waals surface area contributed by atoms with Crippen LogP contribution in [0.25, 0.3) is 0 Å². The molecular weight excluding hydrogens is 272 g/mol. The summed E-state index contributed by atoms with van der Waals surface area (Å²) in [4.78, 5) is 13.2. The normalized spacial score (nSPS) is 12.5. The van der Waals surface area contributed by atoms with Gasteiger partial charge in [0.2, 0.25) is 0 Å². The molecule has 0 fully saturated rings. The number of hydrogen-bond acceptors (Lipinski definition) is 4. The number of aromatic nitrogens is 3. The summed E-state index contributed by atoms with van der Waals surface area (Å²) in [6, 6.07) is 5.92. The van der Waals surface area contributed by atoms with E-state index in [1.165, 1.54) is 0 Å². The van der Waals surface area contributed by atoms with Crippen molar-refractivity contribution in [2.24, 2.45) is 0 Å². The molecule has 106 valence electrons. The van der Waals surface area contributed by atoms with Crippen molar-refractivity contribution in [1.29, 1.82) is 0 Å². The Morgan fingerprint density at radius 1 is 1.15 bits per heavy atom. The maximum Gasteiger partial charge on any atom is 0.137 e. The molecule has 1 unspecified atom stereocenters. The lowest BCUT2D eigenvalue weighted by atomic mass is 10.2. The largest absolute Gasteiger partial charge is 0.362 e. The van der Waals surface area contributed by atoms with Crippen LogP contribution in [0, 0.1) is 6.92 Å². The average molecular weight is 291 g/mol. The zero-order valence-electron chi connectivity index (χ0n) is 12.2. The number of hydrogen-bond donors (Lipinski definition) is 1. The maximum atomic E-state index is 6.19. The van der Waals surface area contributed by atoms with Crippen LogP contribution in [0.3, 0.4) is 0 Å². The fourth-order valence-corrected chi connectivity index (χ4v) is 1.99. The minimum Gasteiger partial charge on any atom is -0.362 e. The zero-order chi connectivity index (χ0) is 14.7. The summed E-state index contributed by atoms with van der Waals surface area (Å²) in [5.41, 5.74) is 1.83. The van der Waals surface area contributed by atoms with E-state index in [-0.39, 0.29) is 12.0 Å². The van der Waals surface area contributed by atoms with E-state index in [4.69, 9.17) is 11.6 Å². The van der Waals surface area contributed by atoms with Gasteiger partial charge in [0.1, 0.15) is 16.8 Å². The van der Waals surface area contributed by atoms with Gasteiger partial charge in [-0.2, -0.15) is 0 Å². The highest BCUT2D eigenvalue weighted by Crippen LogP contribution is 2.25. The Labute approximate surface area is 124 Å². The molecule has 2 aromatic heterocycles. The Morgan fingerprint density at radius 2 is 1.90 bits per heavy atom. The third kappa shape index (κ3) is 3.25. The number of nitrogens with zero attached hydrogens (tertiary/aromatic N) is 3. The highest BCUT2D eigenvalue weighted by atomic mass is 35.5. The lowest BCUT2D eigenvalue weighted by molar-refractivity contribution is 0.761. The molecule has 20 heavy (non-hydrogen) atoms. The van der Waals surface area contributed by atoms with E-state index in [9.17, 15) is 0 Å². The fourth-order valence-electron chi connectivity index (χ4n) is 1.82. The second-order valence-electron chi connectivity index (χ2n) is 5.12. The summed E-state index contributed by atoms with van der Waals surface area (Å²) in [7, 11) is 0. The molecule has 0 saturated carbocycles. The molecule has 0 spiro atoms. The first-order chi connectivity index (χ1) is 9.49. The molecule has 2 heterocycles. The molecule has 5 heteroatoms. The van der Waals surface area contributed by atoms with Crippen LogP contribution in [0.1, 0.15) is 49.8 Å². The summed E-state index contributed by atoms with van der Waals surface area (Å²) < 4.78 is 0. The molecule has 0 saturated heterocycles. The zero-order valence-corrected chi connectivity index (χ0v) is 12.9. The predicted molar refractivity (Wildman–Crippen MR) is 82.1 cm³/mol. The van der Waals surface area contributed by atoms with Crippen molar-refractivity contribution in [3.05, 3.63) is 46.6 Å². The van der Waals surface area contributed by atoms with Crippen LogP contribution in [-0.2, 0) is 0 Å². The summed E-state index contributed by atoms with van der Waals surface area (Å²) in [5.74, 6) is 1.75. The molecule has 0 aromatic carbocycles. The Balaban J connectivity index is 2.29. The molecule has 2 aromatic rings. The number of anilines is 1.